The highest BCUT2D eigenvalue weighted by Crippen LogP contribution is 2.21. The molecule has 1 atom stereocenters. The number of nitrogens with one attached hydrogen (secondary N) is 1. The average molecular weight is 332 g/mol. The molecular weight excluding hydrogens is 307 g/mol. The largest absolute Gasteiger partial charge is 0.353 e. The van der Waals surface area contributed by atoms with E-state index in [1.807, 2.05) is 0 Å². The molecular formula is C19H25FN2O2. The summed E-state index contributed by atoms with van der Waals surface area (Å²) in [5.41, 5.74) is 0.999. The second-order valence-corrected chi connectivity index (χ2v) is 6.96. The Kier molecular flexibility index (Phi) is 5.48. The molecule has 1 saturated heterocycles. The van der Waals surface area contributed by atoms with Gasteiger partial charge in [-0.3, -0.25) is 9.59 Å². The monoisotopic (exact) mass is 332 g/mol. The molecule has 1 aliphatic carbocycles. The van der Waals surface area contributed by atoms with Gasteiger partial charge in [-0.05, 0) is 37.0 Å². The third kappa shape index (κ3) is 4.34. The highest BCUT2D eigenvalue weighted by molar-refractivity contribution is 5.89. The Morgan fingerprint density at radius 1 is 1.17 bits per heavy atom. The molecule has 1 aromatic carbocycles. The van der Waals surface area contributed by atoms with Crippen molar-refractivity contribution >= 4 is 11.8 Å². The van der Waals surface area contributed by atoms with Crippen molar-refractivity contribution < 1.29 is 14.0 Å². The van der Waals surface area contributed by atoms with E-state index in [4.69, 9.17) is 0 Å². The maximum absolute atomic E-state index is 12.9. The summed E-state index contributed by atoms with van der Waals surface area (Å²) in [5.74, 6) is -0.413. The maximum Gasteiger partial charge on any atom is 0.225 e. The standard InChI is InChI=1S/C19H25FN2O2/c20-16-8-6-14(7-9-16)10-11-22-13-15(12-18(22)23)19(24)21-17-4-2-1-3-5-17/h6-9,15,17H,1-5,10-13H2,(H,21,24)/t15-/m0/s1. The molecule has 4 nitrogen and oxygen atoms in total. The first-order valence-electron chi connectivity index (χ1n) is 8.94. The van der Waals surface area contributed by atoms with Gasteiger partial charge in [0, 0.05) is 25.6 Å². The Morgan fingerprint density at radius 2 is 1.88 bits per heavy atom. The predicted octanol–water partition coefficient (Wildman–Crippen LogP) is 2.67. The van der Waals surface area contributed by atoms with Gasteiger partial charge in [-0.25, -0.2) is 4.39 Å². The first-order chi connectivity index (χ1) is 11.6. The fourth-order valence-electron chi connectivity index (χ4n) is 3.64. The highest BCUT2D eigenvalue weighted by atomic mass is 19.1. The molecule has 3 rings (SSSR count). The molecule has 1 saturated carbocycles. The number of carbonyl (C=O) groups excluding carboxylic acids is 2. The van der Waals surface area contributed by atoms with Crippen molar-refractivity contribution in [3.05, 3.63) is 35.6 Å². The summed E-state index contributed by atoms with van der Waals surface area (Å²) in [6.45, 7) is 1.08. The molecule has 0 radical (unpaired) electrons. The third-order valence-corrected chi connectivity index (χ3v) is 5.12. The smallest absolute Gasteiger partial charge is 0.225 e. The Morgan fingerprint density at radius 3 is 2.58 bits per heavy atom. The number of halogens is 1. The minimum absolute atomic E-state index is 0.0273. The molecule has 0 bridgehead atoms. The number of likely N-dealkylation sites (tertiary alicyclic amines) is 1. The fraction of sp³-hybridized carbons (Fsp3) is 0.579. The number of amides is 2. The van der Waals surface area contributed by atoms with Crippen LogP contribution in [0.2, 0.25) is 0 Å². The Hall–Kier alpha value is -1.91. The zero-order valence-electron chi connectivity index (χ0n) is 14.0. The average Bonchev–Trinajstić information content (AvgIpc) is 2.96. The van der Waals surface area contributed by atoms with Crippen molar-refractivity contribution in [2.75, 3.05) is 13.1 Å². The van der Waals surface area contributed by atoms with Gasteiger partial charge in [-0.2, -0.15) is 0 Å². The zero-order chi connectivity index (χ0) is 16.9. The second kappa shape index (κ2) is 7.77. The van der Waals surface area contributed by atoms with E-state index in [2.05, 4.69) is 5.32 Å². The SMILES string of the molecule is O=C(NC1CCCCC1)[C@H]1CC(=O)N(CCc2ccc(F)cc2)C1. The van der Waals surface area contributed by atoms with E-state index >= 15 is 0 Å². The summed E-state index contributed by atoms with van der Waals surface area (Å²) in [7, 11) is 0. The number of hydrogen-bond donors (Lipinski definition) is 1. The van der Waals surface area contributed by atoms with Crippen LogP contribution in [-0.2, 0) is 16.0 Å². The van der Waals surface area contributed by atoms with Gasteiger partial charge in [0.05, 0.1) is 5.92 Å². The number of hydrogen-bond acceptors (Lipinski definition) is 2. The lowest BCUT2D eigenvalue weighted by atomic mass is 9.95. The quantitative estimate of drug-likeness (QED) is 0.901. The second-order valence-electron chi connectivity index (χ2n) is 6.96. The van der Waals surface area contributed by atoms with Crippen LogP contribution in [0.4, 0.5) is 4.39 Å². The van der Waals surface area contributed by atoms with Crippen LogP contribution >= 0.6 is 0 Å². The molecule has 130 valence electrons. The number of benzene rings is 1. The van der Waals surface area contributed by atoms with E-state index < -0.39 is 0 Å². The molecule has 1 aromatic rings. The number of carbonyl (C=O) groups is 2. The first kappa shape index (κ1) is 16.9. The van der Waals surface area contributed by atoms with Crippen molar-refractivity contribution in [3.63, 3.8) is 0 Å². The Bertz CT molecular complexity index is 582. The molecule has 0 unspecified atom stereocenters. The molecule has 0 aromatic heterocycles. The first-order valence-corrected chi connectivity index (χ1v) is 8.94. The summed E-state index contributed by atoms with van der Waals surface area (Å²) in [6, 6.07) is 6.63. The lowest BCUT2D eigenvalue weighted by molar-refractivity contribution is -0.129. The van der Waals surface area contributed by atoms with Gasteiger partial charge in [-0.1, -0.05) is 31.4 Å². The Balaban J connectivity index is 1.47. The van der Waals surface area contributed by atoms with Crippen LogP contribution in [0.15, 0.2) is 24.3 Å². The molecule has 24 heavy (non-hydrogen) atoms. The van der Waals surface area contributed by atoms with E-state index in [1.165, 1.54) is 31.4 Å². The topological polar surface area (TPSA) is 49.4 Å². The van der Waals surface area contributed by atoms with Crippen LogP contribution in [-0.4, -0.2) is 35.8 Å². The van der Waals surface area contributed by atoms with Gasteiger partial charge in [0.1, 0.15) is 5.82 Å². The molecule has 1 heterocycles. The van der Waals surface area contributed by atoms with Crippen LogP contribution in [0.25, 0.3) is 0 Å². The Labute approximate surface area is 142 Å². The third-order valence-electron chi connectivity index (χ3n) is 5.12. The van der Waals surface area contributed by atoms with Crippen LogP contribution in [0, 0.1) is 11.7 Å². The van der Waals surface area contributed by atoms with E-state index in [1.54, 1.807) is 17.0 Å². The minimum atomic E-state index is -0.254. The lowest BCUT2D eigenvalue weighted by Crippen LogP contribution is -2.40. The van der Waals surface area contributed by atoms with Crippen molar-refractivity contribution in [1.82, 2.24) is 10.2 Å². The molecule has 1 N–H and O–H groups in total. The van der Waals surface area contributed by atoms with Crippen molar-refractivity contribution in [1.29, 1.82) is 0 Å². The van der Waals surface area contributed by atoms with E-state index in [0.717, 1.165) is 18.4 Å². The molecule has 1 aliphatic heterocycles. The van der Waals surface area contributed by atoms with Crippen LogP contribution in [0.5, 0.6) is 0 Å². The van der Waals surface area contributed by atoms with Crippen LogP contribution in [0.3, 0.4) is 0 Å². The fourth-order valence-corrected chi connectivity index (χ4v) is 3.64. The van der Waals surface area contributed by atoms with Crippen molar-refractivity contribution in [3.8, 4) is 0 Å². The van der Waals surface area contributed by atoms with E-state index in [0.29, 0.717) is 25.9 Å². The van der Waals surface area contributed by atoms with Gasteiger partial charge in [0.2, 0.25) is 11.8 Å². The number of rotatable bonds is 5. The lowest BCUT2D eigenvalue weighted by Gasteiger charge is -2.24. The van der Waals surface area contributed by atoms with Gasteiger partial charge < -0.3 is 10.2 Å². The summed E-state index contributed by atoms with van der Waals surface area (Å²) in [5, 5.41) is 3.12. The molecule has 2 fully saturated rings. The molecule has 2 aliphatic rings. The summed E-state index contributed by atoms with van der Waals surface area (Å²) >= 11 is 0. The van der Waals surface area contributed by atoms with E-state index in [9.17, 15) is 14.0 Å². The summed E-state index contributed by atoms with van der Waals surface area (Å²) in [6.07, 6.45) is 6.72. The van der Waals surface area contributed by atoms with Gasteiger partial charge in [-0.15, -0.1) is 0 Å². The normalized spacial score (nSPS) is 22.0. The summed E-state index contributed by atoms with van der Waals surface area (Å²) < 4.78 is 12.9. The maximum atomic E-state index is 12.9. The van der Waals surface area contributed by atoms with Crippen molar-refractivity contribution in [2.45, 2.75) is 51.0 Å². The minimum Gasteiger partial charge on any atom is -0.353 e. The van der Waals surface area contributed by atoms with E-state index in [-0.39, 0.29) is 29.6 Å². The molecule has 5 heteroatoms. The number of nitrogens with zero attached hydrogens (tertiary/aromatic N) is 1. The summed E-state index contributed by atoms with van der Waals surface area (Å²) in [4.78, 5) is 26.3. The van der Waals surface area contributed by atoms with Gasteiger partial charge >= 0.3 is 0 Å². The van der Waals surface area contributed by atoms with Gasteiger partial charge in [0.25, 0.3) is 0 Å². The molecule has 2 amide bonds. The zero-order valence-corrected chi connectivity index (χ0v) is 14.0. The van der Waals surface area contributed by atoms with Crippen molar-refractivity contribution in [2.24, 2.45) is 5.92 Å². The van der Waals surface area contributed by atoms with Crippen LogP contribution < -0.4 is 5.32 Å². The van der Waals surface area contributed by atoms with Crippen LogP contribution in [0.1, 0.15) is 44.1 Å². The molecule has 0 spiro atoms. The van der Waals surface area contributed by atoms with Gasteiger partial charge in [0.15, 0.2) is 0 Å². The predicted molar refractivity (Wildman–Crippen MR) is 89.8 cm³/mol. The highest BCUT2D eigenvalue weighted by Gasteiger charge is 2.34.